The molecule has 1 N–H and O–H groups in total. The molecular formula is C46H42N10Na2O6S4. The molecule has 0 unspecified atom stereocenters. The Kier molecular flexibility index (Phi) is 15.3. The van der Waals surface area contributed by atoms with Crippen molar-refractivity contribution in [1.29, 1.82) is 5.26 Å². The Balaban J connectivity index is 0.00000381. The van der Waals surface area contributed by atoms with Gasteiger partial charge < -0.3 is 14.4 Å². The van der Waals surface area contributed by atoms with Gasteiger partial charge in [-0.15, -0.1) is 10.2 Å². The number of nitrogens with one attached hydrogen (secondary N) is 1. The molecule has 68 heavy (non-hydrogen) atoms. The molecule has 0 aliphatic carbocycles. The second-order valence-electron chi connectivity index (χ2n) is 17.0. The minimum Gasteiger partial charge on any atom is -0.744 e. The van der Waals surface area contributed by atoms with E-state index in [-0.39, 0.29) is 121 Å². The quantitative estimate of drug-likeness (QED) is 0.105. The van der Waals surface area contributed by atoms with Gasteiger partial charge in [-0.25, -0.2) is 31.8 Å². The third kappa shape index (κ3) is 9.95. The number of thiazole rings is 2. The summed E-state index contributed by atoms with van der Waals surface area (Å²) >= 11 is 2.68. The number of aromatic nitrogens is 5. The zero-order valence-electron chi connectivity index (χ0n) is 39.5. The van der Waals surface area contributed by atoms with E-state index in [1.165, 1.54) is 34.3 Å². The number of hydrogen-bond donors (Lipinski definition) is 1. The molecule has 4 aromatic heterocycles. The van der Waals surface area contributed by atoms with Crippen LogP contribution in [0.3, 0.4) is 0 Å². The molecule has 0 saturated carbocycles. The number of nitrogens with zero attached hydrogens (tertiary/aromatic N) is 9. The molecule has 22 heteroatoms. The number of hydrogen-bond acceptors (Lipinski definition) is 17. The maximum absolute atomic E-state index is 12.8. The summed E-state index contributed by atoms with van der Waals surface area (Å²) < 4.78 is 79.8. The molecule has 0 radical (unpaired) electrons. The number of para-hydroxylation sites is 2. The molecule has 0 spiro atoms. The molecule has 16 nitrogen and oxygen atoms in total. The molecule has 0 amide bonds. The van der Waals surface area contributed by atoms with Gasteiger partial charge in [0.25, 0.3) is 0 Å². The smallest absolute Gasteiger partial charge is 0.744 e. The van der Waals surface area contributed by atoms with E-state index < -0.39 is 30.5 Å². The summed E-state index contributed by atoms with van der Waals surface area (Å²) in [4.78, 5) is 15.8. The fourth-order valence-electron chi connectivity index (χ4n) is 8.30. The van der Waals surface area contributed by atoms with E-state index in [0.29, 0.717) is 43.9 Å². The first-order chi connectivity index (χ1) is 31.0. The summed E-state index contributed by atoms with van der Waals surface area (Å²) in [5, 5.41) is 29.1. The minimum absolute atomic E-state index is 0. The van der Waals surface area contributed by atoms with Gasteiger partial charge in [-0.1, -0.05) is 79.8 Å². The Morgan fingerprint density at radius 2 is 1.28 bits per heavy atom. The van der Waals surface area contributed by atoms with E-state index in [4.69, 9.17) is 30.3 Å². The number of pyridine rings is 1. The third-order valence-corrected chi connectivity index (χ3v) is 15.3. The van der Waals surface area contributed by atoms with E-state index in [2.05, 4.69) is 11.4 Å². The summed E-state index contributed by atoms with van der Waals surface area (Å²) in [6.07, 6.45) is 0. The van der Waals surface area contributed by atoms with Crippen LogP contribution in [0.1, 0.15) is 71.0 Å². The monoisotopic (exact) mass is 1000 g/mol. The van der Waals surface area contributed by atoms with Gasteiger partial charge in [-0.05, 0) is 118 Å². The van der Waals surface area contributed by atoms with Crippen LogP contribution in [0.5, 0.6) is 0 Å². The van der Waals surface area contributed by atoms with Gasteiger partial charge in [0.1, 0.15) is 43.4 Å². The zero-order valence-corrected chi connectivity index (χ0v) is 46.7. The average molecular weight is 1010 g/mol. The van der Waals surface area contributed by atoms with E-state index >= 15 is 0 Å². The second-order valence-corrected chi connectivity index (χ2v) is 21.6. The topological polar surface area (TPSA) is 235 Å². The standard InChI is InChI=1S/C46H44N10O6S4.2Na/c1-23-19-26(4)39(65(57,58)59)28(6)36(23)51-42-37(52-53-43-30(22-47)41(46(8,9)10)54-56(43)45-49-32-16-12-14-18-34(32)64-45)24(2)21-35(50-42)55(44-48-31-15-11-13-17-33(31)63-44)38-25(3)20-27(5)40(29(38)7)66(60,61)62;;/h11-21H,1-10H3,(H,50,51)(H,57,58,59)(H,60,61,62);;/q;2*+1/p-2. The Bertz CT molecular complexity index is 3570. The van der Waals surface area contributed by atoms with E-state index in [9.17, 15) is 31.2 Å². The summed E-state index contributed by atoms with van der Waals surface area (Å²) in [7, 11) is -9.90. The number of anilines is 5. The fraction of sp³-hybridized carbons (Fsp3) is 0.239. The van der Waals surface area contributed by atoms with Crippen molar-refractivity contribution in [3.8, 4) is 11.2 Å². The summed E-state index contributed by atoms with van der Waals surface area (Å²) in [5.74, 6) is 0.360. The molecule has 0 saturated heterocycles. The van der Waals surface area contributed by atoms with Crippen molar-refractivity contribution in [3.63, 3.8) is 0 Å². The summed E-state index contributed by atoms with van der Waals surface area (Å²) in [6, 6.07) is 22.2. The molecule has 0 fully saturated rings. The van der Waals surface area contributed by atoms with Crippen LogP contribution in [0.2, 0.25) is 0 Å². The largest absolute Gasteiger partial charge is 1.00 e. The van der Waals surface area contributed by atoms with Crippen molar-refractivity contribution in [1.82, 2.24) is 24.7 Å². The molecule has 4 heterocycles. The molecule has 4 aromatic carbocycles. The second kappa shape index (κ2) is 19.7. The summed E-state index contributed by atoms with van der Waals surface area (Å²) in [6.45, 7) is 17.3. The van der Waals surface area contributed by atoms with Crippen LogP contribution < -0.4 is 69.3 Å². The van der Waals surface area contributed by atoms with Crippen LogP contribution in [0.4, 0.5) is 39.6 Å². The van der Waals surface area contributed by atoms with Gasteiger partial charge >= 0.3 is 59.1 Å². The number of rotatable bonds is 10. The van der Waals surface area contributed by atoms with Crippen molar-refractivity contribution >= 4 is 103 Å². The van der Waals surface area contributed by atoms with Crippen LogP contribution in [-0.2, 0) is 25.7 Å². The normalized spacial score (nSPS) is 12.0. The van der Waals surface area contributed by atoms with Gasteiger partial charge in [0.05, 0.1) is 41.6 Å². The number of azo groups is 1. The predicted octanol–water partition coefficient (Wildman–Crippen LogP) is 5.26. The van der Waals surface area contributed by atoms with Crippen molar-refractivity contribution in [2.45, 2.75) is 84.4 Å². The first kappa shape index (κ1) is 52.9. The maximum Gasteiger partial charge on any atom is 1.00 e. The van der Waals surface area contributed by atoms with Gasteiger partial charge in [0.2, 0.25) is 5.13 Å². The number of nitriles is 1. The van der Waals surface area contributed by atoms with Crippen molar-refractivity contribution in [2.75, 3.05) is 10.2 Å². The molecular weight excluding hydrogens is 963 g/mol. The number of benzene rings is 4. The van der Waals surface area contributed by atoms with Gasteiger partial charge in [-0.3, -0.25) is 4.90 Å². The minimum atomic E-state index is -4.96. The first-order valence-corrected chi connectivity index (χ1v) is 24.8. The molecule has 0 aliphatic rings. The van der Waals surface area contributed by atoms with Crippen LogP contribution in [0.15, 0.2) is 86.7 Å². The van der Waals surface area contributed by atoms with Gasteiger partial charge in [0, 0.05) is 11.1 Å². The van der Waals surface area contributed by atoms with Crippen molar-refractivity contribution in [2.24, 2.45) is 10.2 Å². The molecule has 8 aromatic rings. The molecule has 0 atom stereocenters. The fourth-order valence-corrected chi connectivity index (χ4v) is 12.1. The first-order valence-electron chi connectivity index (χ1n) is 20.4. The maximum atomic E-state index is 12.8. The van der Waals surface area contributed by atoms with E-state index in [1.54, 1.807) is 64.6 Å². The number of fused-ring (bicyclic) bond motifs is 2. The Morgan fingerprint density at radius 1 is 0.721 bits per heavy atom. The van der Waals surface area contributed by atoms with Crippen molar-refractivity contribution < 1.29 is 85.1 Å². The van der Waals surface area contributed by atoms with Gasteiger partial charge in [0.15, 0.2) is 16.8 Å². The predicted molar refractivity (Wildman–Crippen MR) is 255 cm³/mol. The molecule has 338 valence electrons. The molecule has 0 bridgehead atoms. The average Bonchev–Trinajstić information content (AvgIpc) is 3.94. The SMILES string of the molecule is Cc1cc(N(c2nc3ccccc3s2)c2c(C)cc(C)c(S(=O)(=O)[O-])c2C)nc(Nc2c(C)cc(C)c(S(=O)(=O)[O-])c2C)c1N=Nc1c(C#N)c(C(C)(C)C)nn1-c1nc2ccccc2s1.[Na+].[Na+]. The third-order valence-electron chi connectivity index (χ3n) is 11.0. The van der Waals surface area contributed by atoms with Crippen molar-refractivity contribution in [3.05, 3.63) is 117 Å². The Morgan fingerprint density at radius 3 is 1.84 bits per heavy atom. The molecule has 8 rings (SSSR count). The van der Waals surface area contributed by atoms with Crippen LogP contribution in [0.25, 0.3) is 25.6 Å². The summed E-state index contributed by atoms with van der Waals surface area (Å²) in [5.41, 5.74) is 4.74. The van der Waals surface area contributed by atoms with Crippen LogP contribution in [-0.4, -0.2) is 50.7 Å². The zero-order chi connectivity index (χ0) is 47.8. The Hall–Kier alpha value is -4.47. The molecule has 0 aliphatic heterocycles. The number of aryl methyl sites for hydroxylation is 5. The van der Waals surface area contributed by atoms with E-state index in [0.717, 1.165) is 14.9 Å². The Labute approximate surface area is 446 Å². The van der Waals surface area contributed by atoms with Crippen LogP contribution in [0, 0.1) is 59.8 Å². The van der Waals surface area contributed by atoms with E-state index in [1.807, 2.05) is 69.3 Å². The van der Waals surface area contributed by atoms with Crippen LogP contribution >= 0.6 is 22.7 Å². The van der Waals surface area contributed by atoms with Gasteiger partial charge in [-0.2, -0.15) is 15.0 Å².